The van der Waals surface area contributed by atoms with Crippen molar-refractivity contribution in [2.75, 3.05) is 6.54 Å². The van der Waals surface area contributed by atoms with Crippen LogP contribution in [0.25, 0.3) is 0 Å². The average molecular weight is 306 g/mol. The molecule has 1 heterocycles. The van der Waals surface area contributed by atoms with Crippen molar-refractivity contribution in [2.24, 2.45) is 7.05 Å². The minimum atomic E-state index is 0.262. The van der Waals surface area contributed by atoms with E-state index in [0.717, 1.165) is 35.7 Å². The maximum Gasteiger partial charge on any atom is 0.0596 e. The van der Waals surface area contributed by atoms with E-state index in [1.54, 1.807) is 0 Å². The van der Waals surface area contributed by atoms with Crippen LogP contribution in [-0.2, 0) is 13.5 Å². The van der Waals surface area contributed by atoms with Gasteiger partial charge in [-0.1, -0.05) is 30.7 Å². The number of hydrogen-bond acceptors (Lipinski definition) is 2. The van der Waals surface area contributed by atoms with E-state index in [9.17, 15) is 0 Å². The minimum Gasteiger partial charge on any atom is -0.310 e. The van der Waals surface area contributed by atoms with Crippen LogP contribution in [-0.4, -0.2) is 16.3 Å². The first kappa shape index (κ1) is 16.1. The molecule has 0 fully saturated rings. The Morgan fingerprint density at radius 1 is 1.29 bits per heavy atom. The summed E-state index contributed by atoms with van der Waals surface area (Å²) < 4.78 is 1.96. The molecule has 114 valence electrons. The van der Waals surface area contributed by atoms with Crippen LogP contribution in [0.4, 0.5) is 0 Å². The summed E-state index contributed by atoms with van der Waals surface area (Å²) in [5, 5.41) is 8.88. The highest BCUT2D eigenvalue weighted by Crippen LogP contribution is 2.24. The van der Waals surface area contributed by atoms with Crippen molar-refractivity contribution < 1.29 is 0 Å². The normalized spacial score (nSPS) is 12.6. The van der Waals surface area contributed by atoms with Gasteiger partial charge in [-0.15, -0.1) is 0 Å². The number of hydrogen-bond donors (Lipinski definition) is 1. The van der Waals surface area contributed by atoms with Gasteiger partial charge in [0, 0.05) is 30.2 Å². The maximum atomic E-state index is 6.28. The number of nitrogens with zero attached hydrogens (tertiary/aromatic N) is 2. The molecule has 1 aromatic heterocycles. The minimum absolute atomic E-state index is 0.262. The standard InChI is InChI=1S/C17H24ClN3/c1-5-8-19-17(11-15-9-13(3)20-21(15)4)14-7-6-12(2)16(18)10-14/h6-7,9-10,17,19H,5,8,11H2,1-4H3. The highest BCUT2D eigenvalue weighted by atomic mass is 35.5. The van der Waals surface area contributed by atoms with Crippen LogP contribution < -0.4 is 5.32 Å². The molecule has 2 aromatic rings. The highest BCUT2D eigenvalue weighted by Gasteiger charge is 2.15. The van der Waals surface area contributed by atoms with Gasteiger partial charge in [-0.05, 0) is 50.1 Å². The molecule has 0 spiro atoms. The maximum absolute atomic E-state index is 6.28. The fourth-order valence-corrected chi connectivity index (χ4v) is 2.71. The Morgan fingerprint density at radius 2 is 2.05 bits per heavy atom. The summed E-state index contributed by atoms with van der Waals surface area (Å²) in [7, 11) is 2.00. The van der Waals surface area contributed by atoms with Gasteiger partial charge >= 0.3 is 0 Å². The molecule has 0 saturated carbocycles. The number of rotatable bonds is 6. The first-order valence-corrected chi connectivity index (χ1v) is 7.88. The quantitative estimate of drug-likeness (QED) is 0.875. The molecular formula is C17H24ClN3. The summed E-state index contributed by atoms with van der Waals surface area (Å²) in [6.07, 6.45) is 2.03. The van der Waals surface area contributed by atoms with Crippen molar-refractivity contribution in [3.05, 3.63) is 51.8 Å². The lowest BCUT2D eigenvalue weighted by molar-refractivity contribution is 0.512. The number of aryl methyl sites for hydroxylation is 3. The third-order valence-corrected chi connectivity index (χ3v) is 4.16. The molecule has 0 radical (unpaired) electrons. The van der Waals surface area contributed by atoms with E-state index in [-0.39, 0.29) is 6.04 Å². The van der Waals surface area contributed by atoms with E-state index in [2.05, 4.69) is 41.6 Å². The van der Waals surface area contributed by atoms with Gasteiger partial charge in [0.1, 0.15) is 0 Å². The monoisotopic (exact) mass is 305 g/mol. The second-order valence-electron chi connectivity index (χ2n) is 5.62. The van der Waals surface area contributed by atoms with Crippen molar-refractivity contribution in [1.29, 1.82) is 0 Å². The molecule has 0 aliphatic carbocycles. The molecule has 21 heavy (non-hydrogen) atoms. The first-order valence-electron chi connectivity index (χ1n) is 7.50. The van der Waals surface area contributed by atoms with Gasteiger partial charge < -0.3 is 5.32 Å². The zero-order valence-corrected chi connectivity index (χ0v) is 14.0. The Morgan fingerprint density at radius 3 is 2.62 bits per heavy atom. The number of halogens is 1. The van der Waals surface area contributed by atoms with E-state index in [1.165, 1.54) is 11.3 Å². The van der Waals surface area contributed by atoms with E-state index in [1.807, 2.05) is 25.6 Å². The Bertz CT molecular complexity index is 604. The van der Waals surface area contributed by atoms with Gasteiger partial charge in [0.25, 0.3) is 0 Å². The van der Waals surface area contributed by atoms with E-state index in [0.29, 0.717) is 0 Å². The molecule has 0 aliphatic heterocycles. The van der Waals surface area contributed by atoms with Gasteiger partial charge in [0.05, 0.1) is 5.69 Å². The fraction of sp³-hybridized carbons (Fsp3) is 0.471. The van der Waals surface area contributed by atoms with Crippen LogP contribution in [0.15, 0.2) is 24.3 Å². The predicted octanol–water partition coefficient (Wildman–Crippen LogP) is 3.97. The molecule has 0 aliphatic rings. The summed E-state index contributed by atoms with van der Waals surface area (Å²) in [5.74, 6) is 0. The molecule has 0 bridgehead atoms. The lowest BCUT2D eigenvalue weighted by Gasteiger charge is -2.20. The second kappa shape index (κ2) is 7.10. The molecule has 1 aromatic carbocycles. The SMILES string of the molecule is CCCNC(Cc1cc(C)nn1C)c1ccc(C)c(Cl)c1. The smallest absolute Gasteiger partial charge is 0.0596 e. The summed E-state index contributed by atoms with van der Waals surface area (Å²) in [4.78, 5) is 0. The molecule has 4 heteroatoms. The predicted molar refractivity (Wildman–Crippen MR) is 88.9 cm³/mol. The van der Waals surface area contributed by atoms with Crippen molar-refractivity contribution in [3.8, 4) is 0 Å². The Labute approximate surface area is 132 Å². The summed E-state index contributed by atoms with van der Waals surface area (Å²) in [6, 6.07) is 8.74. The van der Waals surface area contributed by atoms with Crippen molar-refractivity contribution in [3.63, 3.8) is 0 Å². The third-order valence-electron chi connectivity index (χ3n) is 3.75. The molecule has 0 amide bonds. The number of benzene rings is 1. The van der Waals surface area contributed by atoms with Crippen LogP contribution in [0, 0.1) is 13.8 Å². The van der Waals surface area contributed by atoms with Gasteiger partial charge in [0.15, 0.2) is 0 Å². The van der Waals surface area contributed by atoms with Gasteiger partial charge in [0.2, 0.25) is 0 Å². The number of nitrogens with one attached hydrogen (secondary N) is 1. The molecule has 1 atom stereocenters. The first-order chi connectivity index (χ1) is 10.0. The third kappa shape index (κ3) is 4.08. The molecule has 2 rings (SSSR count). The van der Waals surface area contributed by atoms with Crippen LogP contribution in [0.2, 0.25) is 5.02 Å². The zero-order chi connectivity index (χ0) is 15.4. The average Bonchev–Trinajstić information content (AvgIpc) is 2.76. The van der Waals surface area contributed by atoms with Crippen LogP contribution in [0.1, 0.15) is 41.9 Å². The largest absolute Gasteiger partial charge is 0.310 e. The lowest BCUT2D eigenvalue weighted by Crippen LogP contribution is -2.25. The van der Waals surface area contributed by atoms with Gasteiger partial charge in [-0.3, -0.25) is 4.68 Å². The molecule has 0 saturated heterocycles. The topological polar surface area (TPSA) is 29.9 Å². The number of aromatic nitrogens is 2. The van der Waals surface area contributed by atoms with E-state index < -0.39 is 0 Å². The van der Waals surface area contributed by atoms with Crippen molar-refractivity contribution in [2.45, 2.75) is 39.7 Å². The Hall–Kier alpha value is -1.32. The molecule has 1 N–H and O–H groups in total. The van der Waals surface area contributed by atoms with Gasteiger partial charge in [-0.25, -0.2) is 0 Å². The highest BCUT2D eigenvalue weighted by molar-refractivity contribution is 6.31. The van der Waals surface area contributed by atoms with E-state index >= 15 is 0 Å². The fourth-order valence-electron chi connectivity index (χ4n) is 2.52. The Balaban J connectivity index is 2.24. The summed E-state index contributed by atoms with van der Waals surface area (Å²) in [6.45, 7) is 7.24. The van der Waals surface area contributed by atoms with Crippen LogP contribution in [0.3, 0.4) is 0 Å². The summed E-state index contributed by atoms with van der Waals surface area (Å²) >= 11 is 6.28. The molecular weight excluding hydrogens is 282 g/mol. The lowest BCUT2D eigenvalue weighted by atomic mass is 10.00. The zero-order valence-electron chi connectivity index (χ0n) is 13.3. The second-order valence-corrected chi connectivity index (χ2v) is 6.03. The molecule has 3 nitrogen and oxygen atoms in total. The van der Waals surface area contributed by atoms with Gasteiger partial charge in [-0.2, -0.15) is 5.10 Å². The van der Waals surface area contributed by atoms with E-state index in [4.69, 9.17) is 11.6 Å². The summed E-state index contributed by atoms with van der Waals surface area (Å²) in [5.41, 5.74) is 4.64. The van der Waals surface area contributed by atoms with Crippen molar-refractivity contribution >= 4 is 11.6 Å². The molecule has 1 unspecified atom stereocenters. The Kier molecular flexibility index (Phi) is 5.43. The van der Waals surface area contributed by atoms with Crippen LogP contribution in [0.5, 0.6) is 0 Å². The van der Waals surface area contributed by atoms with Crippen molar-refractivity contribution in [1.82, 2.24) is 15.1 Å². The van der Waals surface area contributed by atoms with Crippen LogP contribution >= 0.6 is 11.6 Å².